The van der Waals surface area contributed by atoms with Crippen molar-refractivity contribution < 1.29 is 31.8 Å². The third-order valence-electron chi connectivity index (χ3n) is 2.92. The van der Waals surface area contributed by atoms with E-state index < -0.39 is 44.7 Å². The Morgan fingerprint density at radius 3 is 2.43 bits per heavy atom. The Labute approximate surface area is 119 Å². The van der Waals surface area contributed by atoms with Gasteiger partial charge >= 0.3 is 0 Å². The average molecular weight is 319 g/mol. The van der Waals surface area contributed by atoms with Crippen LogP contribution in [-0.2, 0) is 25.2 Å². The van der Waals surface area contributed by atoms with Gasteiger partial charge in [-0.05, 0) is 19.1 Å². The standard InChI is InChI=1S/C12H11F2NO5S/c1-12(6-3-4-7(13)8(14)5-6)10(17)9(16)11(20-12)15-21(2,18)19/h3-5,15-16H,1-2H3. The molecule has 0 fully saturated rings. The molecule has 9 heteroatoms. The monoisotopic (exact) mass is 319 g/mol. The van der Waals surface area contributed by atoms with E-state index in [1.807, 2.05) is 4.72 Å². The van der Waals surface area contributed by atoms with Gasteiger partial charge in [-0.3, -0.25) is 9.52 Å². The Morgan fingerprint density at radius 2 is 1.90 bits per heavy atom. The molecule has 0 saturated carbocycles. The van der Waals surface area contributed by atoms with Crippen LogP contribution in [0.5, 0.6) is 0 Å². The Morgan fingerprint density at radius 1 is 1.29 bits per heavy atom. The lowest BCUT2D eigenvalue weighted by Gasteiger charge is -2.23. The van der Waals surface area contributed by atoms with Crippen molar-refractivity contribution in [2.24, 2.45) is 0 Å². The molecule has 6 nitrogen and oxygen atoms in total. The Hall–Kier alpha value is -2.16. The van der Waals surface area contributed by atoms with Gasteiger partial charge in [-0.2, -0.15) is 0 Å². The zero-order valence-electron chi connectivity index (χ0n) is 11.0. The molecule has 0 saturated heterocycles. The SMILES string of the molecule is CC1(c2ccc(F)c(F)c2)OC(NS(C)(=O)=O)=C(O)C1=O. The van der Waals surface area contributed by atoms with Crippen molar-refractivity contribution in [2.45, 2.75) is 12.5 Å². The molecule has 1 aliphatic heterocycles. The molecule has 1 aromatic rings. The fourth-order valence-electron chi connectivity index (χ4n) is 1.85. The summed E-state index contributed by atoms with van der Waals surface area (Å²) in [6.45, 7) is 1.20. The highest BCUT2D eigenvalue weighted by atomic mass is 32.2. The molecule has 114 valence electrons. The summed E-state index contributed by atoms with van der Waals surface area (Å²) in [5.74, 6) is -4.88. The van der Waals surface area contributed by atoms with Gasteiger partial charge in [0.15, 0.2) is 17.2 Å². The predicted molar refractivity (Wildman–Crippen MR) is 67.4 cm³/mol. The molecule has 21 heavy (non-hydrogen) atoms. The number of halogens is 2. The number of carbonyl (C=O) groups is 1. The molecule has 0 spiro atoms. The van der Waals surface area contributed by atoms with Crippen LogP contribution in [0.4, 0.5) is 8.78 Å². The molecule has 1 aliphatic rings. The zero-order valence-corrected chi connectivity index (χ0v) is 11.8. The molecule has 1 unspecified atom stereocenters. The first-order valence-corrected chi connectivity index (χ1v) is 7.54. The number of aliphatic hydroxyl groups is 1. The van der Waals surface area contributed by atoms with Crippen LogP contribution in [0.2, 0.25) is 0 Å². The third kappa shape index (κ3) is 2.68. The van der Waals surface area contributed by atoms with Crippen LogP contribution in [0, 0.1) is 11.6 Å². The highest BCUT2D eigenvalue weighted by molar-refractivity contribution is 7.88. The largest absolute Gasteiger partial charge is 0.501 e. The highest BCUT2D eigenvalue weighted by Gasteiger charge is 2.48. The number of Topliss-reactive ketones (excluding diaryl/α,β-unsaturated/α-hetero) is 1. The maximum Gasteiger partial charge on any atom is 0.250 e. The molecular weight excluding hydrogens is 308 g/mol. The summed E-state index contributed by atoms with van der Waals surface area (Å²) in [5.41, 5.74) is -1.92. The minimum absolute atomic E-state index is 0.0664. The van der Waals surface area contributed by atoms with Crippen LogP contribution in [0.15, 0.2) is 29.8 Å². The number of hydrogen-bond acceptors (Lipinski definition) is 5. The maximum atomic E-state index is 13.3. The maximum absolute atomic E-state index is 13.3. The quantitative estimate of drug-likeness (QED) is 0.869. The Balaban J connectivity index is 2.43. The fourth-order valence-corrected chi connectivity index (χ4v) is 2.32. The highest BCUT2D eigenvalue weighted by Crippen LogP contribution is 2.37. The molecule has 0 amide bonds. The fraction of sp³-hybridized carbons (Fsp3) is 0.250. The van der Waals surface area contributed by atoms with E-state index in [0.717, 1.165) is 24.5 Å². The van der Waals surface area contributed by atoms with Gasteiger partial charge in [-0.1, -0.05) is 6.07 Å². The number of carbonyl (C=O) groups excluding carboxylic acids is 1. The first-order chi connectivity index (χ1) is 9.54. The van der Waals surface area contributed by atoms with Crippen molar-refractivity contribution in [3.8, 4) is 0 Å². The summed E-state index contributed by atoms with van der Waals surface area (Å²) >= 11 is 0. The van der Waals surface area contributed by atoms with Gasteiger partial charge in [0.1, 0.15) is 0 Å². The lowest BCUT2D eigenvalue weighted by atomic mass is 9.91. The van der Waals surface area contributed by atoms with E-state index in [1.54, 1.807) is 0 Å². The third-order valence-corrected chi connectivity index (χ3v) is 3.47. The lowest BCUT2D eigenvalue weighted by molar-refractivity contribution is -0.131. The number of aliphatic hydroxyl groups excluding tert-OH is 1. The number of nitrogens with one attached hydrogen (secondary N) is 1. The molecule has 2 rings (SSSR count). The molecular formula is C12H11F2NO5S. The number of ether oxygens (including phenoxy) is 1. The van der Waals surface area contributed by atoms with Crippen LogP contribution in [-0.4, -0.2) is 25.6 Å². The second kappa shape index (κ2) is 4.69. The summed E-state index contributed by atoms with van der Waals surface area (Å²) < 4.78 is 55.4. The normalized spacial score (nSPS) is 22.4. The van der Waals surface area contributed by atoms with E-state index >= 15 is 0 Å². The molecule has 1 heterocycles. The number of sulfonamides is 1. The van der Waals surface area contributed by atoms with Gasteiger partial charge in [0.05, 0.1) is 6.26 Å². The second-order valence-corrected chi connectivity index (χ2v) is 6.39. The molecule has 1 aromatic carbocycles. The van der Waals surface area contributed by atoms with Crippen molar-refractivity contribution >= 4 is 15.8 Å². The average Bonchev–Trinajstić information content (AvgIpc) is 2.56. The van der Waals surface area contributed by atoms with Gasteiger partial charge in [0.2, 0.25) is 21.7 Å². The van der Waals surface area contributed by atoms with E-state index in [4.69, 9.17) is 4.74 Å². The van der Waals surface area contributed by atoms with Crippen molar-refractivity contribution in [3.63, 3.8) is 0 Å². The van der Waals surface area contributed by atoms with E-state index in [1.165, 1.54) is 6.92 Å². The summed E-state index contributed by atoms with van der Waals surface area (Å²) in [5, 5.41) is 9.65. The van der Waals surface area contributed by atoms with Gasteiger partial charge < -0.3 is 9.84 Å². The molecule has 0 aliphatic carbocycles. The van der Waals surface area contributed by atoms with Gasteiger partial charge in [0, 0.05) is 5.56 Å². The molecule has 0 aromatic heterocycles. The minimum atomic E-state index is -3.79. The summed E-state index contributed by atoms with van der Waals surface area (Å²) in [6, 6.07) is 2.64. The Kier molecular flexibility index (Phi) is 3.40. The van der Waals surface area contributed by atoms with E-state index in [2.05, 4.69) is 0 Å². The van der Waals surface area contributed by atoms with Crippen molar-refractivity contribution in [1.29, 1.82) is 0 Å². The molecule has 0 radical (unpaired) electrons. The number of rotatable bonds is 3. The molecule has 1 atom stereocenters. The zero-order chi connectivity index (χ0) is 16.0. The summed E-state index contributed by atoms with van der Waals surface area (Å²) in [7, 11) is -3.79. The second-order valence-electron chi connectivity index (χ2n) is 4.65. The van der Waals surface area contributed by atoms with Gasteiger partial charge in [-0.15, -0.1) is 0 Å². The van der Waals surface area contributed by atoms with Crippen molar-refractivity contribution in [1.82, 2.24) is 4.72 Å². The van der Waals surface area contributed by atoms with E-state index in [-0.39, 0.29) is 5.56 Å². The lowest BCUT2D eigenvalue weighted by Crippen LogP contribution is -2.32. The minimum Gasteiger partial charge on any atom is -0.501 e. The first kappa shape index (κ1) is 15.2. The topological polar surface area (TPSA) is 92.7 Å². The molecule has 2 N–H and O–H groups in total. The van der Waals surface area contributed by atoms with E-state index in [9.17, 15) is 27.1 Å². The van der Waals surface area contributed by atoms with Gasteiger partial charge in [0.25, 0.3) is 5.78 Å². The predicted octanol–water partition coefficient (Wildman–Crippen LogP) is 1.06. The van der Waals surface area contributed by atoms with Crippen LogP contribution >= 0.6 is 0 Å². The summed E-state index contributed by atoms with van der Waals surface area (Å²) in [6.07, 6.45) is 0.800. The van der Waals surface area contributed by atoms with E-state index in [0.29, 0.717) is 0 Å². The van der Waals surface area contributed by atoms with Crippen LogP contribution in [0.1, 0.15) is 12.5 Å². The van der Waals surface area contributed by atoms with Crippen molar-refractivity contribution in [2.75, 3.05) is 6.26 Å². The number of hydrogen-bond donors (Lipinski definition) is 2. The van der Waals surface area contributed by atoms with Gasteiger partial charge in [-0.25, -0.2) is 17.2 Å². The number of ketones is 1. The smallest absolute Gasteiger partial charge is 0.250 e. The van der Waals surface area contributed by atoms with Crippen molar-refractivity contribution in [3.05, 3.63) is 47.0 Å². The summed E-state index contributed by atoms with van der Waals surface area (Å²) in [4.78, 5) is 12.0. The Bertz CT molecular complexity index is 759. The number of benzene rings is 1. The van der Waals surface area contributed by atoms with Crippen LogP contribution in [0.25, 0.3) is 0 Å². The van der Waals surface area contributed by atoms with Crippen LogP contribution < -0.4 is 4.72 Å². The molecule has 0 bridgehead atoms. The first-order valence-electron chi connectivity index (χ1n) is 5.65. The van der Waals surface area contributed by atoms with Crippen LogP contribution in [0.3, 0.4) is 0 Å².